The number of nitrogens with zero attached hydrogens (tertiary/aromatic N) is 3. The maximum atomic E-state index is 5.21. The molecule has 16 heavy (non-hydrogen) atoms. The summed E-state index contributed by atoms with van der Waals surface area (Å²) in [7, 11) is 1.93. The van der Waals surface area contributed by atoms with E-state index in [9.17, 15) is 0 Å². The van der Waals surface area contributed by atoms with Crippen LogP contribution in [0.1, 0.15) is 32.5 Å². The van der Waals surface area contributed by atoms with Gasteiger partial charge in [0.1, 0.15) is 0 Å². The number of rotatable bonds is 7. The quantitative estimate of drug-likeness (QED) is 0.753. The first kappa shape index (κ1) is 13.1. The van der Waals surface area contributed by atoms with Gasteiger partial charge in [-0.05, 0) is 27.1 Å². The lowest BCUT2D eigenvalue weighted by atomic mass is 10.2. The fraction of sp³-hybridized carbons (Fsp3) is 0.818. The highest BCUT2D eigenvalue weighted by atomic mass is 16.5. The van der Waals surface area contributed by atoms with Crippen molar-refractivity contribution in [1.82, 2.24) is 20.4 Å². The molecule has 0 radical (unpaired) electrons. The van der Waals surface area contributed by atoms with Crippen molar-refractivity contribution >= 4 is 0 Å². The van der Waals surface area contributed by atoms with Crippen LogP contribution in [0.4, 0.5) is 0 Å². The van der Waals surface area contributed by atoms with Crippen molar-refractivity contribution in [3.8, 4) is 0 Å². The van der Waals surface area contributed by atoms with Crippen molar-refractivity contribution in [3.05, 3.63) is 11.7 Å². The third-order valence-corrected chi connectivity index (χ3v) is 2.75. The molecule has 1 atom stereocenters. The van der Waals surface area contributed by atoms with Gasteiger partial charge in [0.15, 0.2) is 5.82 Å². The summed E-state index contributed by atoms with van der Waals surface area (Å²) in [5.74, 6) is 1.49. The molecule has 5 nitrogen and oxygen atoms in total. The molecule has 0 aliphatic rings. The van der Waals surface area contributed by atoms with Crippen molar-refractivity contribution in [2.45, 2.75) is 39.8 Å². The monoisotopic (exact) mass is 226 g/mol. The smallest absolute Gasteiger partial charge is 0.240 e. The summed E-state index contributed by atoms with van der Waals surface area (Å²) in [5.41, 5.74) is 0. The Hall–Kier alpha value is -0.940. The van der Waals surface area contributed by atoms with Crippen molar-refractivity contribution in [1.29, 1.82) is 0 Å². The van der Waals surface area contributed by atoms with E-state index in [1.807, 2.05) is 7.05 Å². The van der Waals surface area contributed by atoms with Gasteiger partial charge in [-0.2, -0.15) is 4.98 Å². The lowest BCUT2D eigenvalue weighted by Crippen LogP contribution is -2.24. The molecule has 0 amide bonds. The third kappa shape index (κ3) is 3.90. The summed E-state index contributed by atoms with van der Waals surface area (Å²) >= 11 is 0. The van der Waals surface area contributed by atoms with Crippen molar-refractivity contribution in [2.24, 2.45) is 0 Å². The highest BCUT2D eigenvalue weighted by Gasteiger charge is 2.11. The van der Waals surface area contributed by atoms with Crippen LogP contribution in [0.25, 0.3) is 0 Å². The third-order valence-electron chi connectivity index (χ3n) is 2.75. The van der Waals surface area contributed by atoms with Gasteiger partial charge in [0.05, 0.1) is 6.54 Å². The number of hydrogen-bond donors (Lipinski definition) is 1. The van der Waals surface area contributed by atoms with Gasteiger partial charge in [-0.3, -0.25) is 4.90 Å². The molecule has 0 saturated heterocycles. The second kappa shape index (κ2) is 6.60. The lowest BCUT2D eigenvalue weighted by Gasteiger charge is -2.14. The zero-order valence-corrected chi connectivity index (χ0v) is 10.7. The Balaban J connectivity index is 2.50. The van der Waals surface area contributed by atoms with Crippen molar-refractivity contribution < 1.29 is 4.52 Å². The Morgan fingerprint density at radius 2 is 2.06 bits per heavy atom. The molecule has 0 aliphatic carbocycles. The second-order valence-corrected chi connectivity index (χ2v) is 3.96. The fourth-order valence-corrected chi connectivity index (χ4v) is 1.45. The zero-order chi connectivity index (χ0) is 12.0. The first-order valence-corrected chi connectivity index (χ1v) is 5.90. The molecule has 5 heteroatoms. The maximum Gasteiger partial charge on any atom is 0.240 e. The topological polar surface area (TPSA) is 54.2 Å². The molecule has 0 saturated carbocycles. The average molecular weight is 226 g/mol. The fourth-order valence-electron chi connectivity index (χ4n) is 1.45. The number of aromatic nitrogens is 2. The van der Waals surface area contributed by atoms with Crippen LogP contribution in [-0.4, -0.2) is 41.2 Å². The molecule has 1 heterocycles. The molecule has 0 aromatic carbocycles. The predicted octanol–water partition coefficient (Wildman–Crippen LogP) is 1.06. The molecule has 0 spiro atoms. The SMILES string of the molecule is CCN(CC)Cc1nc(CC(C)NC)no1. The van der Waals surface area contributed by atoms with Crippen LogP contribution in [0.3, 0.4) is 0 Å². The van der Waals surface area contributed by atoms with Gasteiger partial charge in [-0.15, -0.1) is 0 Å². The van der Waals surface area contributed by atoms with E-state index in [1.165, 1.54) is 0 Å². The lowest BCUT2D eigenvalue weighted by molar-refractivity contribution is 0.246. The Morgan fingerprint density at radius 3 is 2.62 bits per heavy atom. The normalized spacial score (nSPS) is 13.3. The Morgan fingerprint density at radius 1 is 1.38 bits per heavy atom. The maximum absolute atomic E-state index is 5.21. The molecular weight excluding hydrogens is 204 g/mol. The number of hydrogen-bond acceptors (Lipinski definition) is 5. The Bertz CT molecular complexity index is 296. The van der Waals surface area contributed by atoms with Gasteiger partial charge in [-0.25, -0.2) is 0 Å². The van der Waals surface area contributed by atoms with Crippen LogP contribution in [0.5, 0.6) is 0 Å². The average Bonchev–Trinajstić information content (AvgIpc) is 2.73. The van der Waals surface area contributed by atoms with E-state index in [4.69, 9.17) is 4.52 Å². The van der Waals surface area contributed by atoms with Crippen molar-refractivity contribution in [2.75, 3.05) is 20.1 Å². The van der Waals surface area contributed by atoms with Gasteiger partial charge in [0.2, 0.25) is 5.89 Å². The summed E-state index contributed by atoms with van der Waals surface area (Å²) in [6.07, 6.45) is 0.804. The molecule has 1 rings (SSSR count). The molecule has 1 aromatic heterocycles. The highest BCUT2D eigenvalue weighted by molar-refractivity contribution is 4.89. The first-order chi connectivity index (χ1) is 7.69. The van der Waals surface area contributed by atoms with E-state index in [2.05, 4.69) is 41.1 Å². The molecule has 1 unspecified atom stereocenters. The van der Waals surface area contributed by atoms with Crippen LogP contribution in [0.15, 0.2) is 4.52 Å². The summed E-state index contributed by atoms with van der Waals surface area (Å²) in [5, 5.41) is 7.13. The minimum absolute atomic E-state index is 0.374. The number of nitrogens with one attached hydrogen (secondary N) is 1. The second-order valence-electron chi connectivity index (χ2n) is 3.96. The van der Waals surface area contributed by atoms with Gasteiger partial charge in [0, 0.05) is 12.5 Å². The first-order valence-electron chi connectivity index (χ1n) is 5.90. The molecule has 0 fully saturated rings. The standard InChI is InChI=1S/C11H22N4O/c1-5-15(6-2)8-11-13-10(14-16-11)7-9(3)12-4/h9,12H,5-8H2,1-4H3. The summed E-state index contributed by atoms with van der Waals surface area (Å²) in [4.78, 5) is 6.62. The van der Waals surface area contributed by atoms with E-state index < -0.39 is 0 Å². The van der Waals surface area contributed by atoms with Crippen LogP contribution in [0, 0.1) is 0 Å². The summed E-state index contributed by atoms with van der Waals surface area (Å²) in [6, 6.07) is 0.374. The highest BCUT2D eigenvalue weighted by Crippen LogP contribution is 2.04. The Kier molecular flexibility index (Phi) is 5.42. The Labute approximate surface area is 97.2 Å². The van der Waals surface area contributed by atoms with Crippen LogP contribution in [-0.2, 0) is 13.0 Å². The van der Waals surface area contributed by atoms with Crippen molar-refractivity contribution in [3.63, 3.8) is 0 Å². The van der Waals surface area contributed by atoms with E-state index in [0.717, 1.165) is 31.9 Å². The van der Waals surface area contributed by atoms with Gasteiger partial charge < -0.3 is 9.84 Å². The van der Waals surface area contributed by atoms with E-state index in [-0.39, 0.29) is 0 Å². The molecule has 0 bridgehead atoms. The minimum Gasteiger partial charge on any atom is -0.338 e. The zero-order valence-electron chi connectivity index (χ0n) is 10.7. The molecule has 1 N–H and O–H groups in total. The van der Waals surface area contributed by atoms with Gasteiger partial charge >= 0.3 is 0 Å². The molecule has 92 valence electrons. The molecular formula is C11H22N4O. The van der Waals surface area contributed by atoms with Gasteiger partial charge in [0.25, 0.3) is 0 Å². The molecule has 0 aliphatic heterocycles. The van der Waals surface area contributed by atoms with E-state index in [0.29, 0.717) is 11.9 Å². The van der Waals surface area contributed by atoms with E-state index >= 15 is 0 Å². The largest absolute Gasteiger partial charge is 0.338 e. The minimum atomic E-state index is 0.374. The van der Waals surface area contributed by atoms with Crippen LogP contribution < -0.4 is 5.32 Å². The summed E-state index contributed by atoms with van der Waals surface area (Å²) in [6.45, 7) is 9.10. The predicted molar refractivity (Wildman–Crippen MR) is 63.1 cm³/mol. The van der Waals surface area contributed by atoms with E-state index in [1.54, 1.807) is 0 Å². The molecule has 1 aromatic rings. The van der Waals surface area contributed by atoms with Crippen LogP contribution >= 0.6 is 0 Å². The number of likely N-dealkylation sites (N-methyl/N-ethyl adjacent to an activating group) is 1. The van der Waals surface area contributed by atoms with Gasteiger partial charge in [-0.1, -0.05) is 19.0 Å². The van der Waals surface area contributed by atoms with Crippen LogP contribution in [0.2, 0.25) is 0 Å². The summed E-state index contributed by atoms with van der Waals surface area (Å²) < 4.78 is 5.21.